The molecule has 0 saturated carbocycles. The molecule has 0 aromatic heterocycles. The minimum atomic E-state index is 0.127. The number of hydrogen-bond acceptors (Lipinski definition) is 3. The molecule has 0 amide bonds. The first-order chi connectivity index (χ1) is 7.11. The van der Waals surface area contributed by atoms with E-state index in [2.05, 4.69) is 25.5 Å². The van der Waals surface area contributed by atoms with E-state index in [-0.39, 0.29) is 5.78 Å². The predicted octanol–water partition coefficient (Wildman–Crippen LogP) is 1.88. The highest BCUT2D eigenvalue weighted by atomic mass is 16.5. The van der Waals surface area contributed by atoms with Gasteiger partial charge in [-0.15, -0.1) is 0 Å². The first-order valence-electron chi connectivity index (χ1n) is 5.50. The van der Waals surface area contributed by atoms with Crippen molar-refractivity contribution in [2.75, 3.05) is 33.9 Å². The third-order valence-electron chi connectivity index (χ3n) is 2.33. The van der Waals surface area contributed by atoms with Crippen LogP contribution in [-0.2, 0) is 9.53 Å². The number of methoxy groups -OCH3 is 1. The molecule has 88 valence electrons. The third kappa shape index (κ3) is 7.28. The largest absolute Gasteiger partial charge is 0.384 e. The maximum absolute atomic E-state index is 11.5. The summed E-state index contributed by atoms with van der Waals surface area (Å²) in [4.78, 5) is 13.7. The molecule has 0 aliphatic carbocycles. The Morgan fingerprint density at radius 1 is 1.33 bits per heavy atom. The Balaban J connectivity index is 3.68. The summed E-state index contributed by atoms with van der Waals surface area (Å²) >= 11 is 0. The van der Waals surface area contributed by atoms with Crippen LogP contribution in [0.25, 0.3) is 0 Å². The van der Waals surface area contributed by atoms with Gasteiger partial charge in [-0.1, -0.05) is 13.5 Å². The first kappa shape index (κ1) is 14.3. The van der Waals surface area contributed by atoms with E-state index < -0.39 is 0 Å². The van der Waals surface area contributed by atoms with E-state index in [9.17, 15) is 4.79 Å². The maximum atomic E-state index is 11.5. The Labute approximate surface area is 93.1 Å². The van der Waals surface area contributed by atoms with Gasteiger partial charge in [-0.25, -0.2) is 0 Å². The second kappa shape index (κ2) is 8.62. The number of Topliss-reactive ketones (excluding diaryl/α,β-unsaturated/α-hetero) is 1. The normalized spacial score (nSPS) is 10.7. The van der Waals surface area contributed by atoms with Gasteiger partial charge in [0.05, 0.1) is 6.61 Å². The molecule has 0 radical (unpaired) electrons. The smallest absolute Gasteiger partial charge is 0.160 e. The van der Waals surface area contributed by atoms with Gasteiger partial charge in [0.1, 0.15) is 0 Å². The van der Waals surface area contributed by atoms with Crippen molar-refractivity contribution in [3.63, 3.8) is 0 Å². The van der Waals surface area contributed by atoms with Crippen molar-refractivity contribution in [1.82, 2.24) is 4.90 Å². The fourth-order valence-corrected chi connectivity index (χ4v) is 1.33. The Morgan fingerprint density at radius 2 is 2.00 bits per heavy atom. The highest BCUT2D eigenvalue weighted by Crippen LogP contribution is 2.04. The summed E-state index contributed by atoms with van der Waals surface area (Å²) in [5.74, 6) is 0.127. The van der Waals surface area contributed by atoms with Crippen molar-refractivity contribution in [3.05, 3.63) is 12.2 Å². The van der Waals surface area contributed by atoms with E-state index in [4.69, 9.17) is 4.74 Å². The number of ketones is 1. The number of hydrogen-bond donors (Lipinski definition) is 0. The lowest BCUT2D eigenvalue weighted by Gasteiger charge is -2.15. The van der Waals surface area contributed by atoms with Gasteiger partial charge in [0, 0.05) is 20.1 Å². The van der Waals surface area contributed by atoms with E-state index in [1.807, 2.05) is 0 Å². The van der Waals surface area contributed by atoms with Gasteiger partial charge >= 0.3 is 0 Å². The Morgan fingerprint density at radius 3 is 2.53 bits per heavy atom. The fraction of sp³-hybridized carbons (Fsp3) is 0.750. The number of rotatable bonds is 9. The average molecular weight is 213 g/mol. The molecule has 0 aromatic rings. The van der Waals surface area contributed by atoms with Crippen LogP contribution in [0.3, 0.4) is 0 Å². The van der Waals surface area contributed by atoms with Crippen molar-refractivity contribution < 1.29 is 9.53 Å². The molecule has 3 nitrogen and oxygen atoms in total. The molecule has 0 aliphatic rings. The van der Waals surface area contributed by atoms with Crippen molar-refractivity contribution in [2.24, 2.45) is 0 Å². The molecule has 0 N–H and O–H groups in total. The maximum Gasteiger partial charge on any atom is 0.160 e. The number of ether oxygens (including phenoxy) is 1. The summed E-state index contributed by atoms with van der Waals surface area (Å²) in [6, 6.07) is 0. The van der Waals surface area contributed by atoms with Gasteiger partial charge in [-0.2, -0.15) is 0 Å². The van der Waals surface area contributed by atoms with Gasteiger partial charge in [-0.05, 0) is 32.0 Å². The minimum Gasteiger partial charge on any atom is -0.384 e. The lowest BCUT2D eigenvalue weighted by atomic mass is 10.1. The summed E-state index contributed by atoms with van der Waals surface area (Å²) in [7, 11) is 3.67. The SMILES string of the molecule is C=C(CCN(C)CCC)C(=O)CCOC. The zero-order valence-corrected chi connectivity index (χ0v) is 10.2. The number of carbonyl (C=O) groups excluding carboxylic acids is 1. The molecular formula is C12H23NO2. The summed E-state index contributed by atoms with van der Waals surface area (Å²) in [5, 5.41) is 0. The summed E-state index contributed by atoms with van der Waals surface area (Å²) < 4.78 is 4.85. The molecule has 0 rings (SSSR count). The zero-order chi connectivity index (χ0) is 11.7. The van der Waals surface area contributed by atoms with Crippen LogP contribution in [0.1, 0.15) is 26.2 Å². The monoisotopic (exact) mass is 213 g/mol. The van der Waals surface area contributed by atoms with E-state index >= 15 is 0 Å². The lowest BCUT2D eigenvalue weighted by Crippen LogP contribution is -2.21. The van der Waals surface area contributed by atoms with Crippen molar-refractivity contribution in [2.45, 2.75) is 26.2 Å². The van der Waals surface area contributed by atoms with Gasteiger partial charge < -0.3 is 9.64 Å². The molecular weight excluding hydrogens is 190 g/mol. The van der Waals surface area contributed by atoms with Crippen LogP contribution in [0.5, 0.6) is 0 Å². The van der Waals surface area contributed by atoms with Crippen LogP contribution in [0.2, 0.25) is 0 Å². The molecule has 0 spiro atoms. The molecule has 0 bridgehead atoms. The second-order valence-corrected chi connectivity index (χ2v) is 3.82. The number of nitrogens with zero attached hydrogens (tertiary/aromatic N) is 1. The predicted molar refractivity (Wildman–Crippen MR) is 63.0 cm³/mol. The van der Waals surface area contributed by atoms with Gasteiger partial charge in [0.2, 0.25) is 0 Å². The standard InChI is InChI=1S/C12H23NO2/c1-5-8-13(3)9-6-11(2)12(14)7-10-15-4/h2,5-10H2,1,3-4H3. The molecule has 0 atom stereocenters. The third-order valence-corrected chi connectivity index (χ3v) is 2.33. The van der Waals surface area contributed by atoms with Crippen LogP contribution in [0.15, 0.2) is 12.2 Å². The highest BCUT2D eigenvalue weighted by Gasteiger charge is 2.07. The van der Waals surface area contributed by atoms with Crippen LogP contribution in [0.4, 0.5) is 0 Å². The van der Waals surface area contributed by atoms with E-state index in [1.54, 1.807) is 7.11 Å². The highest BCUT2D eigenvalue weighted by molar-refractivity contribution is 5.94. The van der Waals surface area contributed by atoms with Gasteiger partial charge in [0.25, 0.3) is 0 Å². The van der Waals surface area contributed by atoms with Crippen LogP contribution in [0, 0.1) is 0 Å². The van der Waals surface area contributed by atoms with Crippen LogP contribution < -0.4 is 0 Å². The van der Waals surface area contributed by atoms with E-state index in [0.717, 1.165) is 31.5 Å². The molecule has 0 fully saturated rings. The van der Waals surface area contributed by atoms with Crippen molar-refractivity contribution in [3.8, 4) is 0 Å². The van der Waals surface area contributed by atoms with Gasteiger partial charge in [-0.3, -0.25) is 4.79 Å². The fourth-order valence-electron chi connectivity index (χ4n) is 1.33. The second-order valence-electron chi connectivity index (χ2n) is 3.82. The molecule has 0 unspecified atom stereocenters. The number of carbonyl (C=O) groups is 1. The Kier molecular flexibility index (Phi) is 8.24. The summed E-state index contributed by atoms with van der Waals surface area (Å²) in [6.07, 6.45) is 2.35. The van der Waals surface area contributed by atoms with Gasteiger partial charge in [0.15, 0.2) is 5.78 Å². The molecule has 0 heterocycles. The van der Waals surface area contributed by atoms with E-state index in [0.29, 0.717) is 13.0 Å². The first-order valence-corrected chi connectivity index (χ1v) is 5.50. The Hall–Kier alpha value is -0.670. The quantitative estimate of drug-likeness (QED) is 0.548. The zero-order valence-electron chi connectivity index (χ0n) is 10.2. The molecule has 0 aliphatic heterocycles. The molecule has 0 saturated heterocycles. The molecule has 3 heteroatoms. The Bertz CT molecular complexity index is 202. The average Bonchev–Trinajstić information content (AvgIpc) is 2.22. The van der Waals surface area contributed by atoms with E-state index in [1.165, 1.54) is 0 Å². The van der Waals surface area contributed by atoms with Crippen LogP contribution in [-0.4, -0.2) is 44.5 Å². The molecule has 0 aromatic carbocycles. The van der Waals surface area contributed by atoms with Crippen molar-refractivity contribution in [1.29, 1.82) is 0 Å². The lowest BCUT2D eigenvalue weighted by molar-refractivity contribution is -0.116. The summed E-state index contributed by atoms with van der Waals surface area (Å²) in [5.41, 5.74) is 0.718. The minimum absolute atomic E-state index is 0.127. The topological polar surface area (TPSA) is 29.5 Å². The van der Waals surface area contributed by atoms with Crippen LogP contribution >= 0.6 is 0 Å². The van der Waals surface area contributed by atoms with Crippen molar-refractivity contribution >= 4 is 5.78 Å². The molecule has 15 heavy (non-hydrogen) atoms. The summed E-state index contributed by atoms with van der Waals surface area (Å²) in [6.45, 7) is 8.42.